The zero-order valence-electron chi connectivity index (χ0n) is 42.4. The quantitative estimate of drug-likeness (QED) is 0.0199. The monoisotopic (exact) mass is 1570 g/mol. The van der Waals surface area contributed by atoms with Crippen LogP contribution in [-0.4, -0.2) is 42.5 Å². The van der Waals surface area contributed by atoms with Gasteiger partial charge in [-0.15, -0.1) is 0 Å². The Hall–Kier alpha value is -3.92. The van der Waals surface area contributed by atoms with Crippen LogP contribution >= 0.6 is 105 Å². The van der Waals surface area contributed by atoms with E-state index in [1.807, 2.05) is 146 Å². The van der Waals surface area contributed by atoms with Gasteiger partial charge in [-0.2, -0.15) is 0 Å². The zero-order valence-corrected chi connectivity index (χ0v) is 55.3. The molecule has 418 valence electrons. The molecule has 0 aliphatic carbocycles. The van der Waals surface area contributed by atoms with E-state index >= 15 is 0 Å². The van der Waals surface area contributed by atoms with Crippen LogP contribution in [0, 0.1) is 12.3 Å². The summed E-state index contributed by atoms with van der Waals surface area (Å²) in [6.07, 6.45) is 2.98. The molecule has 0 heterocycles. The molecule has 8 rings (SSSR count). The Kier molecular flexibility index (Phi) is 32.1. The summed E-state index contributed by atoms with van der Waals surface area (Å²) < 4.78 is 36.9. The first kappa shape index (κ1) is 69.4. The summed E-state index contributed by atoms with van der Waals surface area (Å²) in [5.41, 5.74) is 14.1. The Morgan fingerprint density at radius 2 is 1.14 bits per heavy atom. The number of halogens is 7. The first-order chi connectivity index (χ1) is 37.4. The van der Waals surface area contributed by atoms with Gasteiger partial charge in [-0.05, 0) is 134 Å². The number of nitrogens with zero attached hydrogens (tertiary/aromatic N) is 1. The molecule has 3 atom stereocenters. The molecule has 0 aromatic heterocycles. The fraction of sp³-hybridized carbons (Fsp3) is 0.153. The maximum absolute atomic E-state index is 13.4. The third kappa shape index (κ3) is 23.5. The second-order valence-electron chi connectivity index (χ2n) is 17.1. The number of hydrogen-bond donors (Lipinski definition) is 7. The number of carboxylic acid groups (broad SMARTS) is 1. The topological polar surface area (TPSA) is 223 Å². The molecule has 79 heavy (non-hydrogen) atoms. The van der Waals surface area contributed by atoms with E-state index in [4.69, 9.17) is 21.0 Å². The number of hydrogen-bond acceptors (Lipinski definition) is 9. The molecule has 0 bridgehead atoms. The van der Waals surface area contributed by atoms with Crippen LogP contribution in [0.2, 0.25) is 0 Å². The molecule has 0 fully saturated rings. The van der Waals surface area contributed by atoms with Crippen molar-refractivity contribution in [3.05, 3.63) is 264 Å². The number of carbonyl (C=O) groups is 1. The molecule has 8 aromatic carbocycles. The molecule has 0 unspecified atom stereocenters. The number of phenolic OH excluding ortho intramolecular Hbond substituents is 2. The van der Waals surface area contributed by atoms with E-state index in [-0.39, 0.29) is 41.1 Å². The van der Waals surface area contributed by atoms with E-state index in [1.165, 1.54) is 5.56 Å². The first-order valence-corrected chi connectivity index (χ1v) is 32.1. The van der Waals surface area contributed by atoms with Crippen LogP contribution in [-0.2, 0) is 51.4 Å². The molecule has 20 heteroatoms. The SMILES string of the molecule is Cc1ccc(S(=O)(=O)[N-][C@@H](c2ccccc2)[C@@H](NCCCc2ccccc2)c2ccccc2)cc1.N.N=C(Cc1cc(Br)ccc1Br)c1ccc(Br)cc1O.N[C@H](Cc1cc(Br)ccc1Br)c1ccc(Br)cc1O.O=CO.[Cl][Ru+]. The van der Waals surface area contributed by atoms with E-state index in [0.717, 1.165) is 79.6 Å². The van der Waals surface area contributed by atoms with Crippen LogP contribution in [0.5, 0.6) is 11.5 Å². The number of benzene rings is 8. The first-order valence-electron chi connectivity index (χ1n) is 23.7. The van der Waals surface area contributed by atoms with Crippen LogP contribution in [0.15, 0.2) is 220 Å². The molecule has 0 amide bonds. The van der Waals surface area contributed by atoms with Gasteiger partial charge in [0.25, 0.3) is 6.47 Å². The Balaban J connectivity index is 0.000000318. The van der Waals surface area contributed by atoms with Gasteiger partial charge in [-0.1, -0.05) is 222 Å². The van der Waals surface area contributed by atoms with Crippen LogP contribution in [0.3, 0.4) is 0 Å². The number of sulfonamides is 1. The molecule has 0 radical (unpaired) electrons. The van der Waals surface area contributed by atoms with Crippen molar-refractivity contribution in [3.63, 3.8) is 0 Å². The number of aromatic hydroxyl groups is 2. The number of phenols is 2. The average Bonchev–Trinajstić information content (AvgIpc) is 3.43. The predicted octanol–water partition coefficient (Wildman–Crippen LogP) is 17.5. The minimum atomic E-state index is -3.87. The summed E-state index contributed by atoms with van der Waals surface area (Å²) in [6.45, 7) is 2.42. The standard InChI is InChI=1S/C30H31N2O2S.C14H12Br3NO.C14H10Br3NO.CH2O2.ClH.H3N.Ru/c1-24-19-21-28(22-20-24)35(33,34)32-30(27-17-9-4-10-18-27)29(26-15-7-3-8-16-26)31-23-11-14-25-12-5-2-6-13-25;2*15-9-2-4-12(17)8(5-9)6-13(18)11-3-1-10(16)7-14(11)19;2-1-3;;;/h2-10,12-13,15-22,29-31H,11,14,23H2,1H3;1-5,7,13,19H,6,18H2;1-5,7,18-19H,6H2;1H,(H,2,3);1H;1H3;/q-1;;;;;;+2/p-1/t29-,30-;13-;;;;;/m01...../s1. The van der Waals surface area contributed by atoms with Crippen molar-refractivity contribution in [3.8, 4) is 11.5 Å². The van der Waals surface area contributed by atoms with Gasteiger partial charge in [-0.25, -0.2) is 8.42 Å². The van der Waals surface area contributed by atoms with E-state index in [1.54, 1.807) is 42.5 Å². The van der Waals surface area contributed by atoms with Crippen LogP contribution in [0.1, 0.15) is 69.1 Å². The van der Waals surface area contributed by atoms with Crippen LogP contribution in [0.25, 0.3) is 4.72 Å². The van der Waals surface area contributed by atoms with Crippen LogP contribution < -0.4 is 17.2 Å². The van der Waals surface area contributed by atoms with E-state index in [0.29, 0.717) is 24.1 Å². The molecule has 0 aliphatic heterocycles. The average molecular weight is 1580 g/mol. The summed E-state index contributed by atoms with van der Waals surface area (Å²) >= 11 is 22.3. The van der Waals surface area contributed by atoms with Gasteiger partial charge < -0.3 is 42.7 Å². The predicted molar refractivity (Wildman–Crippen MR) is 339 cm³/mol. The molecule has 0 spiro atoms. The molecule has 0 saturated heterocycles. The molecule has 8 aromatic rings. The van der Waals surface area contributed by atoms with Gasteiger partial charge in [-0.3, -0.25) is 4.79 Å². The van der Waals surface area contributed by atoms with E-state index in [2.05, 4.69) is 140 Å². The van der Waals surface area contributed by atoms with Crippen molar-refractivity contribution in [1.82, 2.24) is 11.5 Å². The number of nitrogens with one attached hydrogen (secondary N) is 2. The second kappa shape index (κ2) is 36.5. The molecule has 10 N–H and O–H groups in total. The Morgan fingerprint density at radius 3 is 1.68 bits per heavy atom. The number of rotatable bonds is 17. The Morgan fingerprint density at radius 1 is 0.671 bits per heavy atom. The van der Waals surface area contributed by atoms with Crippen LogP contribution in [0.4, 0.5) is 0 Å². The third-order valence-electron chi connectivity index (χ3n) is 11.5. The van der Waals surface area contributed by atoms with Gasteiger partial charge in [0.15, 0.2) is 0 Å². The summed E-state index contributed by atoms with van der Waals surface area (Å²) in [5, 5.41) is 38.5. The van der Waals surface area contributed by atoms with Crippen molar-refractivity contribution in [2.45, 2.75) is 55.6 Å². The Bertz CT molecular complexity index is 3250. The van der Waals surface area contributed by atoms with Crippen molar-refractivity contribution < 1.29 is 45.8 Å². The number of aryl methyl sites for hydroxylation is 2. The fourth-order valence-corrected chi connectivity index (χ4v) is 11.2. The fourth-order valence-electron chi connectivity index (χ4n) is 7.75. The maximum atomic E-state index is 13.4. The summed E-state index contributed by atoms with van der Waals surface area (Å²) in [7, 11) is 0.703. The van der Waals surface area contributed by atoms with Gasteiger partial charge >= 0.3 is 27.0 Å². The van der Waals surface area contributed by atoms with Crippen molar-refractivity contribution >= 4 is 127 Å². The number of nitrogens with two attached hydrogens (primary N) is 1. The van der Waals surface area contributed by atoms with E-state index in [9.17, 15) is 18.6 Å². The summed E-state index contributed by atoms with van der Waals surface area (Å²) in [6, 6.07) is 58.1. The summed E-state index contributed by atoms with van der Waals surface area (Å²) in [5.74, 6) is 0.332. The third-order valence-corrected chi connectivity index (χ3v) is 16.4. The normalized spacial score (nSPS) is 11.6. The van der Waals surface area contributed by atoms with Gasteiger partial charge in [0, 0.05) is 67.1 Å². The molecule has 0 saturated carbocycles. The molecular weight excluding hydrogens is 1520 g/mol. The van der Waals surface area contributed by atoms with Gasteiger partial charge in [0.05, 0.1) is 0 Å². The Labute approximate surface area is 528 Å². The van der Waals surface area contributed by atoms with Crippen molar-refractivity contribution in [2.24, 2.45) is 5.73 Å². The van der Waals surface area contributed by atoms with Gasteiger partial charge in [0.2, 0.25) is 0 Å². The second-order valence-corrected chi connectivity index (χ2v) is 24.1. The van der Waals surface area contributed by atoms with E-state index < -0.39 is 16.1 Å². The minimum absolute atomic E-state index is 0. The molecule has 11 nitrogen and oxygen atoms in total. The van der Waals surface area contributed by atoms with Crippen molar-refractivity contribution in [1.29, 1.82) is 5.41 Å². The summed E-state index contributed by atoms with van der Waals surface area (Å²) in [4.78, 5) is 8.57. The van der Waals surface area contributed by atoms with Crippen molar-refractivity contribution in [2.75, 3.05) is 6.54 Å². The zero-order chi connectivity index (χ0) is 57.2. The molecular formula is C59H58Br6ClN5O6RuS. The van der Waals surface area contributed by atoms with Gasteiger partial charge in [0.1, 0.15) is 21.5 Å². The molecule has 0 aliphatic rings.